The van der Waals surface area contributed by atoms with Crippen LogP contribution in [-0.4, -0.2) is 10.9 Å². The molecule has 4 nitrogen and oxygen atoms in total. The van der Waals surface area contributed by atoms with Gasteiger partial charge in [-0.3, -0.25) is 4.79 Å². The van der Waals surface area contributed by atoms with Crippen molar-refractivity contribution < 1.29 is 4.79 Å². The van der Waals surface area contributed by atoms with E-state index in [0.29, 0.717) is 6.54 Å². The van der Waals surface area contributed by atoms with E-state index in [1.807, 2.05) is 36.7 Å². The van der Waals surface area contributed by atoms with Gasteiger partial charge in [-0.25, -0.2) is 4.98 Å². The first kappa shape index (κ1) is 13.7. The van der Waals surface area contributed by atoms with Crippen molar-refractivity contribution in [2.24, 2.45) is 0 Å². The summed E-state index contributed by atoms with van der Waals surface area (Å²) >= 11 is 1.66. The molecule has 0 spiro atoms. The number of hydrogen-bond acceptors (Lipinski definition) is 4. The Morgan fingerprint density at radius 2 is 2.11 bits per heavy atom. The zero-order valence-electron chi connectivity index (χ0n) is 11.1. The van der Waals surface area contributed by atoms with Gasteiger partial charge in [0.2, 0.25) is 5.91 Å². The van der Waals surface area contributed by atoms with E-state index in [9.17, 15) is 4.79 Å². The van der Waals surface area contributed by atoms with Crippen molar-refractivity contribution in [3.8, 4) is 0 Å². The Bertz CT molecular complexity index is 565. The van der Waals surface area contributed by atoms with Gasteiger partial charge in [0.25, 0.3) is 0 Å². The summed E-state index contributed by atoms with van der Waals surface area (Å²) in [5.41, 5.74) is 4.88. The van der Waals surface area contributed by atoms with Crippen LogP contribution in [0.15, 0.2) is 29.8 Å². The number of nitrogens with one attached hydrogen (secondary N) is 2. The topological polar surface area (TPSA) is 54.0 Å². The van der Waals surface area contributed by atoms with E-state index in [2.05, 4.69) is 15.6 Å². The van der Waals surface area contributed by atoms with E-state index in [1.54, 1.807) is 11.3 Å². The Hall–Kier alpha value is -1.72. The van der Waals surface area contributed by atoms with Crippen LogP contribution in [0, 0.1) is 6.92 Å². The van der Waals surface area contributed by atoms with Crippen LogP contribution in [0.25, 0.3) is 0 Å². The van der Waals surface area contributed by atoms with Gasteiger partial charge in [0, 0.05) is 30.6 Å². The summed E-state index contributed by atoms with van der Waals surface area (Å²) in [5, 5.41) is 6.22. The predicted molar refractivity (Wildman–Crippen MR) is 78.1 cm³/mol. The first-order valence-electron chi connectivity index (χ1n) is 6.12. The predicted octanol–water partition coefficient (Wildman–Crippen LogP) is 2.70. The molecule has 0 bridgehead atoms. The van der Waals surface area contributed by atoms with Crippen molar-refractivity contribution in [2.75, 3.05) is 5.32 Å². The van der Waals surface area contributed by atoms with Crippen LogP contribution in [0.3, 0.4) is 0 Å². The number of para-hydroxylation sites is 1. The Kier molecular flexibility index (Phi) is 4.65. The molecule has 0 aliphatic heterocycles. The SMILES string of the molecule is CC(=O)Nc1ccccc1CNCc1scnc1C. The zero-order valence-corrected chi connectivity index (χ0v) is 11.9. The molecular weight excluding hydrogens is 258 g/mol. The van der Waals surface area contributed by atoms with Gasteiger partial charge in [-0.15, -0.1) is 11.3 Å². The fraction of sp³-hybridized carbons (Fsp3) is 0.286. The van der Waals surface area contributed by atoms with Crippen molar-refractivity contribution >= 4 is 22.9 Å². The van der Waals surface area contributed by atoms with Gasteiger partial charge in [-0.05, 0) is 18.6 Å². The Morgan fingerprint density at radius 1 is 1.32 bits per heavy atom. The van der Waals surface area contributed by atoms with Crippen LogP contribution in [0.2, 0.25) is 0 Å². The third-order valence-electron chi connectivity index (χ3n) is 2.77. The number of carbonyl (C=O) groups excluding carboxylic acids is 1. The Balaban J connectivity index is 1.96. The third kappa shape index (κ3) is 3.87. The number of benzene rings is 1. The number of anilines is 1. The normalized spacial score (nSPS) is 10.4. The average molecular weight is 275 g/mol. The highest BCUT2D eigenvalue weighted by Crippen LogP contribution is 2.16. The van der Waals surface area contributed by atoms with Gasteiger partial charge in [0.05, 0.1) is 11.2 Å². The number of aryl methyl sites for hydroxylation is 1. The van der Waals surface area contributed by atoms with Crippen LogP contribution >= 0.6 is 11.3 Å². The second-order valence-corrected chi connectivity index (χ2v) is 5.24. The summed E-state index contributed by atoms with van der Waals surface area (Å²) in [7, 11) is 0. The Morgan fingerprint density at radius 3 is 2.79 bits per heavy atom. The maximum Gasteiger partial charge on any atom is 0.221 e. The molecule has 1 aromatic heterocycles. The minimum absolute atomic E-state index is 0.0502. The Labute approximate surface area is 116 Å². The second-order valence-electron chi connectivity index (χ2n) is 4.30. The second kappa shape index (κ2) is 6.45. The number of amides is 1. The summed E-state index contributed by atoms with van der Waals surface area (Å²) in [5.74, 6) is -0.0502. The quantitative estimate of drug-likeness (QED) is 0.882. The number of thiazole rings is 1. The highest BCUT2D eigenvalue weighted by Gasteiger charge is 2.04. The van der Waals surface area contributed by atoms with E-state index < -0.39 is 0 Å². The summed E-state index contributed by atoms with van der Waals surface area (Å²) < 4.78 is 0. The summed E-state index contributed by atoms with van der Waals surface area (Å²) in [6, 6.07) is 7.82. The molecule has 0 unspecified atom stereocenters. The van der Waals surface area contributed by atoms with Crippen molar-refractivity contribution in [2.45, 2.75) is 26.9 Å². The average Bonchev–Trinajstić information content (AvgIpc) is 2.77. The monoisotopic (exact) mass is 275 g/mol. The van der Waals surface area contributed by atoms with Gasteiger partial charge in [0.15, 0.2) is 0 Å². The van der Waals surface area contributed by atoms with Gasteiger partial charge in [0.1, 0.15) is 0 Å². The summed E-state index contributed by atoms with van der Waals surface area (Å²) in [4.78, 5) is 16.6. The molecule has 0 radical (unpaired) electrons. The van der Waals surface area contributed by atoms with Crippen molar-refractivity contribution in [3.63, 3.8) is 0 Å². The molecule has 5 heteroatoms. The fourth-order valence-corrected chi connectivity index (χ4v) is 2.54. The standard InChI is InChI=1S/C14H17N3OS/c1-10-14(19-9-16-10)8-15-7-12-5-3-4-6-13(12)17-11(2)18/h3-6,9,15H,7-8H2,1-2H3,(H,17,18). The van der Waals surface area contributed by atoms with Gasteiger partial charge in [-0.1, -0.05) is 18.2 Å². The minimum atomic E-state index is -0.0502. The zero-order chi connectivity index (χ0) is 13.7. The number of aromatic nitrogens is 1. The van der Waals surface area contributed by atoms with Crippen molar-refractivity contribution in [1.82, 2.24) is 10.3 Å². The third-order valence-corrected chi connectivity index (χ3v) is 3.71. The van der Waals surface area contributed by atoms with Gasteiger partial charge < -0.3 is 10.6 Å². The van der Waals surface area contributed by atoms with Crippen molar-refractivity contribution in [3.05, 3.63) is 45.9 Å². The molecule has 0 saturated heterocycles. The molecule has 0 fully saturated rings. The number of nitrogens with zero attached hydrogens (tertiary/aromatic N) is 1. The first-order chi connectivity index (χ1) is 9.16. The smallest absolute Gasteiger partial charge is 0.221 e. The molecule has 19 heavy (non-hydrogen) atoms. The molecular formula is C14H17N3OS. The van der Waals surface area contributed by atoms with Crippen LogP contribution in [-0.2, 0) is 17.9 Å². The molecule has 100 valence electrons. The van der Waals surface area contributed by atoms with E-state index >= 15 is 0 Å². The molecule has 2 rings (SSSR count). The molecule has 2 N–H and O–H groups in total. The van der Waals surface area contributed by atoms with Gasteiger partial charge in [-0.2, -0.15) is 0 Å². The van der Waals surface area contributed by atoms with Crippen molar-refractivity contribution in [1.29, 1.82) is 0 Å². The molecule has 2 aromatic rings. The first-order valence-corrected chi connectivity index (χ1v) is 7.00. The number of hydrogen-bond donors (Lipinski definition) is 2. The maximum atomic E-state index is 11.1. The van der Waals surface area contributed by atoms with Crippen LogP contribution < -0.4 is 10.6 Å². The van der Waals surface area contributed by atoms with Crippen LogP contribution in [0.1, 0.15) is 23.1 Å². The van der Waals surface area contributed by atoms with Crippen LogP contribution in [0.5, 0.6) is 0 Å². The molecule has 0 aliphatic carbocycles. The molecule has 1 aromatic carbocycles. The maximum absolute atomic E-state index is 11.1. The van der Waals surface area contributed by atoms with Crippen LogP contribution in [0.4, 0.5) is 5.69 Å². The van der Waals surface area contributed by atoms with E-state index in [-0.39, 0.29) is 5.91 Å². The number of rotatable bonds is 5. The lowest BCUT2D eigenvalue weighted by Crippen LogP contribution is -2.15. The molecule has 0 atom stereocenters. The van der Waals surface area contributed by atoms with E-state index in [0.717, 1.165) is 23.5 Å². The minimum Gasteiger partial charge on any atom is -0.326 e. The van der Waals surface area contributed by atoms with E-state index in [4.69, 9.17) is 0 Å². The number of carbonyl (C=O) groups is 1. The molecule has 1 heterocycles. The highest BCUT2D eigenvalue weighted by molar-refractivity contribution is 7.09. The fourth-order valence-electron chi connectivity index (χ4n) is 1.79. The largest absolute Gasteiger partial charge is 0.326 e. The lowest BCUT2D eigenvalue weighted by Gasteiger charge is -2.10. The highest BCUT2D eigenvalue weighted by atomic mass is 32.1. The molecule has 0 aliphatic rings. The summed E-state index contributed by atoms with van der Waals surface area (Å²) in [6.45, 7) is 5.04. The summed E-state index contributed by atoms with van der Waals surface area (Å²) in [6.07, 6.45) is 0. The van der Waals surface area contributed by atoms with Gasteiger partial charge >= 0.3 is 0 Å². The lowest BCUT2D eigenvalue weighted by atomic mass is 10.1. The molecule has 0 saturated carbocycles. The lowest BCUT2D eigenvalue weighted by molar-refractivity contribution is -0.114. The molecule has 1 amide bonds. The van der Waals surface area contributed by atoms with E-state index in [1.165, 1.54) is 11.8 Å².